The van der Waals surface area contributed by atoms with Gasteiger partial charge in [-0.25, -0.2) is 15.0 Å². The maximum absolute atomic E-state index is 12.4. The van der Waals surface area contributed by atoms with Gasteiger partial charge in [0.05, 0.1) is 23.5 Å². The number of aromatic amines is 1. The molecule has 3 aromatic heterocycles. The zero-order chi connectivity index (χ0) is 25.2. The van der Waals surface area contributed by atoms with Gasteiger partial charge in [0.25, 0.3) is 0 Å². The number of H-pyrrole nitrogens is 1. The van der Waals surface area contributed by atoms with Gasteiger partial charge in [-0.3, -0.25) is 9.69 Å². The van der Waals surface area contributed by atoms with Crippen LogP contribution in [0.15, 0.2) is 42.0 Å². The maximum atomic E-state index is 12.4. The number of anilines is 3. The van der Waals surface area contributed by atoms with Crippen molar-refractivity contribution in [3.8, 4) is 11.4 Å². The summed E-state index contributed by atoms with van der Waals surface area (Å²) in [4.78, 5) is 36.0. The Morgan fingerprint density at radius 1 is 1.03 bits per heavy atom. The zero-order valence-corrected chi connectivity index (χ0v) is 21.9. The number of fused-ring (bicyclic) bond motifs is 1. The molecule has 12 heteroatoms. The number of imidazole rings is 1. The average molecular weight is 538 g/mol. The molecule has 37 heavy (non-hydrogen) atoms. The lowest BCUT2D eigenvalue weighted by Crippen LogP contribution is -2.48. The number of hydrogen-bond donors (Lipinski definition) is 3. The second kappa shape index (κ2) is 10.6. The normalized spacial score (nSPS) is 16.9. The summed E-state index contributed by atoms with van der Waals surface area (Å²) in [6, 6.07) is 8.51. The van der Waals surface area contributed by atoms with E-state index in [1.807, 2.05) is 5.38 Å². The van der Waals surface area contributed by atoms with Gasteiger partial charge in [-0.1, -0.05) is 11.6 Å². The SMILES string of the molecule is O=C(CN1CCN(c2c(Cl)cnc3nc(-c4ccc(N5CCNCC5)cc4)[nH]c23)CC1)Nc1nccs1. The Morgan fingerprint density at radius 3 is 2.54 bits per heavy atom. The van der Waals surface area contributed by atoms with Crippen molar-refractivity contribution in [3.63, 3.8) is 0 Å². The van der Waals surface area contributed by atoms with Gasteiger partial charge in [0.1, 0.15) is 11.3 Å². The molecule has 10 nitrogen and oxygen atoms in total. The molecule has 0 radical (unpaired) electrons. The zero-order valence-electron chi connectivity index (χ0n) is 20.3. The Hall–Kier alpha value is -3.25. The summed E-state index contributed by atoms with van der Waals surface area (Å²) in [5.74, 6) is 0.726. The van der Waals surface area contributed by atoms with Crippen LogP contribution in [-0.4, -0.2) is 89.6 Å². The molecule has 1 aromatic carbocycles. The average Bonchev–Trinajstić information content (AvgIpc) is 3.60. The van der Waals surface area contributed by atoms with Crippen molar-refractivity contribution in [2.24, 2.45) is 0 Å². The molecule has 0 unspecified atom stereocenters. The molecule has 0 saturated carbocycles. The van der Waals surface area contributed by atoms with E-state index in [2.05, 4.69) is 64.6 Å². The summed E-state index contributed by atoms with van der Waals surface area (Å²) in [6.45, 7) is 7.38. The molecule has 0 spiro atoms. The number of nitrogens with zero attached hydrogens (tertiary/aromatic N) is 6. The molecule has 192 valence electrons. The lowest BCUT2D eigenvalue weighted by Gasteiger charge is -2.36. The molecule has 2 aliphatic rings. The first-order chi connectivity index (χ1) is 18.1. The molecular formula is C25H28ClN9OS. The molecule has 2 saturated heterocycles. The summed E-state index contributed by atoms with van der Waals surface area (Å²) in [5.41, 5.74) is 4.63. The molecule has 2 fully saturated rings. The fourth-order valence-electron chi connectivity index (χ4n) is 4.90. The number of pyridine rings is 1. The van der Waals surface area contributed by atoms with Gasteiger partial charge in [0.2, 0.25) is 5.91 Å². The topological polar surface area (TPSA) is 105 Å². The van der Waals surface area contributed by atoms with E-state index >= 15 is 0 Å². The van der Waals surface area contributed by atoms with Crippen molar-refractivity contribution in [2.75, 3.05) is 74.0 Å². The van der Waals surface area contributed by atoms with E-state index in [9.17, 15) is 4.79 Å². The standard InChI is InChI=1S/C25H28ClN9OS/c26-19-15-29-24-21(31-23(32-24)17-1-3-18(4-2-17)34-8-5-27-6-9-34)22(19)35-12-10-33(11-13-35)16-20(36)30-25-28-7-14-37-25/h1-4,7,14-15,27H,5-6,8-13,16H2,(H,28,30,36)(H,29,31,32). The monoisotopic (exact) mass is 537 g/mol. The molecule has 0 aliphatic carbocycles. The number of halogens is 1. The van der Waals surface area contributed by atoms with Crippen molar-refractivity contribution in [3.05, 3.63) is 47.1 Å². The van der Waals surface area contributed by atoms with E-state index in [1.54, 1.807) is 12.4 Å². The number of aromatic nitrogens is 4. The minimum absolute atomic E-state index is 0.0473. The molecule has 1 amide bonds. The van der Waals surface area contributed by atoms with E-state index < -0.39 is 0 Å². The van der Waals surface area contributed by atoms with Crippen LogP contribution in [0.5, 0.6) is 0 Å². The van der Waals surface area contributed by atoms with Crippen molar-refractivity contribution >= 4 is 56.5 Å². The third-order valence-corrected chi connectivity index (χ3v) is 7.77. The first-order valence-corrected chi connectivity index (χ1v) is 13.7. The number of carbonyl (C=O) groups is 1. The molecule has 6 rings (SSSR count). The van der Waals surface area contributed by atoms with Crippen LogP contribution in [0.2, 0.25) is 5.02 Å². The van der Waals surface area contributed by atoms with Crippen molar-refractivity contribution < 1.29 is 4.79 Å². The Bertz CT molecular complexity index is 1360. The number of hydrogen-bond acceptors (Lipinski definition) is 9. The Labute approximate surface area is 223 Å². The molecule has 0 atom stereocenters. The summed E-state index contributed by atoms with van der Waals surface area (Å²) in [6.07, 6.45) is 3.35. The largest absolute Gasteiger partial charge is 0.369 e. The van der Waals surface area contributed by atoms with E-state index in [4.69, 9.17) is 16.6 Å². The number of piperazine rings is 2. The predicted molar refractivity (Wildman–Crippen MR) is 149 cm³/mol. The number of benzene rings is 1. The van der Waals surface area contributed by atoms with Crippen molar-refractivity contribution in [1.29, 1.82) is 0 Å². The van der Waals surface area contributed by atoms with E-state index in [0.29, 0.717) is 22.3 Å². The third kappa shape index (κ3) is 5.26. The van der Waals surface area contributed by atoms with Crippen molar-refractivity contribution in [2.45, 2.75) is 0 Å². The summed E-state index contributed by atoms with van der Waals surface area (Å²) >= 11 is 8.07. The number of nitrogens with one attached hydrogen (secondary N) is 3. The smallest absolute Gasteiger partial charge is 0.240 e. The lowest BCUT2D eigenvalue weighted by molar-refractivity contribution is -0.117. The third-order valence-electron chi connectivity index (χ3n) is 6.81. The summed E-state index contributed by atoms with van der Waals surface area (Å²) in [7, 11) is 0. The van der Waals surface area contributed by atoms with Crippen LogP contribution in [-0.2, 0) is 4.79 Å². The van der Waals surface area contributed by atoms with Crippen LogP contribution in [0.25, 0.3) is 22.6 Å². The van der Waals surface area contributed by atoms with Gasteiger partial charge >= 0.3 is 0 Å². The highest BCUT2D eigenvalue weighted by Gasteiger charge is 2.24. The lowest BCUT2D eigenvalue weighted by atomic mass is 10.1. The van der Waals surface area contributed by atoms with E-state index in [1.165, 1.54) is 17.0 Å². The van der Waals surface area contributed by atoms with Crippen LogP contribution < -0.4 is 20.4 Å². The highest BCUT2D eigenvalue weighted by molar-refractivity contribution is 7.13. The van der Waals surface area contributed by atoms with Gasteiger partial charge in [-0.05, 0) is 24.3 Å². The van der Waals surface area contributed by atoms with E-state index in [0.717, 1.165) is 74.9 Å². The highest BCUT2D eigenvalue weighted by atomic mass is 35.5. The molecule has 4 aromatic rings. The van der Waals surface area contributed by atoms with Crippen LogP contribution in [0.1, 0.15) is 0 Å². The van der Waals surface area contributed by atoms with Gasteiger partial charge in [-0.15, -0.1) is 11.3 Å². The first kappa shape index (κ1) is 24.1. The second-order valence-corrected chi connectivity index (χ2v) is 10.5. The minimum atomic E-state index is -0.0473. The Morgan fingerprint density at radius 2 is 1.81 bits per heavy atom. The second-order valence-electron chi connectivity index (χ2n) is 9.17. The fourth-order valence-corrected chi connectivity index (χ4v) is 5.70. The fraction of sp³-hybridized carbons (Fsp3) is 0.360. The molecule has 5 heterocycles. The Balaban J connectivity index is 1.15. The van der Waals surface area contributed by atoms with Crippen molar-refractivity contribution in [1.82, 2.24) is 30.2 Å². The maximum Gasteiger partial charge on any atom is 0.240 e. The summed E-state index contributed by atoms with van der Waals surface area (Å²) < 4.78 is 0. The summed E-state index contributed by atoms with van der Waals surface area (Å²) in [5, 5.41) is 9.30. The number of thiazole rings is 1. The highest BCUT2D eigenvalue weighted by Crippen LogP contribution is 2.34. The number of amides is 1. The van der Waals surface area contributed by atoms with Gasteiger partial charge in [0, 0.05) is 75.2 Å². The van der Waals surface area contributed by atoms with Crippen LogP contribution in [0.3, 0.4) is 0 Å². The van der Waals surface area contributed by atoms with Gasteiger partial charge < -0.3 is 25.4 Å². The predicted octanol–water partition coefficient (Wildman–Crippen LogP) is 2.91. The van der Waals surface area contributed by atoms with Gasteiger partial charge in [-0.2, -0.15) is 0 Å². The minimum Gasteiger partial charge on any atom is -0.369 e. The van der Waals surface area contributed by atoms with Crippen LogP contribution in [0.4, 0.5) is 16.5 Å². The number of carbonyl (C=O) groups excluding carboxylic acids is 1. The molecule has 3 N–H and O–H groups in total. The quantitative estimate of drug-likeness (QED) is 0.345. The first-order valence-electron chi connectivity index (χ1n) is 12.4. The van der Waals surface area contributed by atoms with Crippen LogP contribution in [0, 0.1) is 0 Å². The molecule has 0 bridgehead atoms. The molecular weight excluding hydrogens is 510 g/mol. The van der Waals surface area contributed by atoms with Gasteiger partial charge in [0.15, 0.2) is 10.8 Å². The van der Waals surface area contributed by atoms with E-state index in [-0.39, 0.29) is 5.91 Å². The Kier molecular flexibility index (Phi) is 6.92. The van der Waals surface area contributed by atoms with Crippen LogP contribution >= 0.6 is 22.9 Å². The molecule has 2 aliphatic heterocycles. The number of rotatable bonds is 6.